The predicted molar refractivity (Wildman–Crippen MR) is 66.9 cm³/mol. The highest BCUT2D eigenvalue weighted by Crippen LogP contribution is 2.13. The van der Waals surface area contributed by atoms with E-state index in [-0.39, 0.29) is 12.6 Å². The molecule has 0 bridgehead atoms. The fourth-order valence-corrected chi connectivity index (χ4v) is 1.19. The molecule has 0 aliphatic rings. The molecule has 5 nitrogen and oxygen atoms in total. The Morgan fingerprint density at radius 2 is 1.94 bits per heavy atom. The minimum atomic E-state index is -0.938. The normalized spacial score (nSPS) is 13.0. The molecule has 0 fully saturated rings. The van der Waals surface area contributed by atoms with E-state index < -0.39 is 11.4 Å². The summed E-state index contributed by atoms with van der Waals surface area (Å²) in [6.45, 7) is 8.13. The number of carbonyl (C=O) groups excluding carboxylic acids is 1. The van der Waals surface area contributed by atoms with Gasteiger partial charge in [0.05, 0.1) is 5.41 Å². The number of carbonyl (C=O) groups is 2. The van der Waals surface area contributed by atoms with Gasteiger partial charge >= 0.3 is 12.0 Å². The molecule has 1 atom stereocenters. The maximum atomic E-state index is 11.7. The zero-order valence-corrected chi connectivity index (χ0v) is 11.4. The monoisotopic (exact) mass is 244 g/mol. The largest absolute Gasteiger partial charge is 0.481 e. The third-order valence-corrected chi connectivity index (χ3v) is 2.89. The third-order valence-electron chi connectivity index (χ3n) is 2.89. The van der Waals surface area contributed by atoms with Crippen molar-refractivity contribution in [3.8, 4) is 0 Å². The van der Waals surface area contributed by atoms with Crippen LogP contribution < -0.4 is 5.32 Å². The topological polar surface area (TPSA) is 69.6 Å². The van der Waals surface area contributed by atoms with Crippen molar-refractivity contribution >= 4 is 12.0 Å². The van der Waals surface area contributed by atoms with E-state index in [9.17, 15) is 9.59 Å². The second kappa shape index (κ2) is 6.47. The first-order valence-electron chi connectivity index (χ1n) is 5.93. The Hall–Kier alpha value is -1.26. The molecule has 0 aliphatic heterocycles. The molecule has 0 aromatic rings. The van der Waals surface area contributed by atoms with Crippen LogP contribution >= 0.6 is 0 Å². The fourth-order valence-electron chi connectivity index (χ4n) is 1.19. The van der Waals surface area contributed by atoms with Gasteiger partial charge in [0.15, 0.2) is 0 Å². The molecule has 0 spiro atoms. The fraction of sp³-hybridized carbons (Fsp3) is 0.833. The maximum absolute atomic E-state index is 11.7. The van der Waals surface area contributed by atoms with Crippen molar-refractivity contribution in [2.24, 2.45) is 11.3 Å². The number of hydrogen-bond donors (Lipinski definition) is 2. The van der Waals surface area contributed by atoms with E-state index >= 15 is 0 Å². The molecule has 2 N–H and O–H groups in total. The molecule has 0 saturated carbocycles. The summed E-state index contributed by atoms with van der Waals surface area (Å²) < 4.78 is 0. The van der Waals surface area contributed by atoms with Crippen molar-refractivity contribution in [3.63, 3.8) is 0 Å². The highest BCUT2D eigenvalue weighted by Gasteiger charge is 2.28. The molecule has 0 heterocycles. The van der Waals surface area contributed by atoms with Crippen molar-refractivity contribution < 1.29 is 14.7 Å². The highest BCUT2D eigenvalue weighted by molar-refractivity contribution is 5.77. The zero-order valence-electron chi connectivity index (χ0n) is 11.4. The molecular weight excluding hydrogens is 220 g/mol. The number of hydrogen-bond acceptors (Lipinski definition) is 2. The van der Waals surface area contributed by atoms with Crippen LogP contribution in [0.15, 0.2) is 0 Å². The standard InChI is InChI=1S/C12H24N2O3/c1-6-9(2)7-14(5)11(17)13-8-12(3,4)10(15)16/h9H,6-8H2,1-5H3,(H,13,17)(H,15,16). The predicted octanol–water partition coefficient (Wildman–Crippen LogP) is 1.78. The molecule has 0 rings (SSSR count). The minimum Gasteiger partial charge on any atom is -0.481 e. The second-order valence-electron chi connectivity index (χ2n) is 5.24. The van der Waals surface area contributed by atoms with Gasteiger partial charge in [-0.1, -0.05) is 20.3 Å². The van der Waals surface area contributed by atoms with Crippen molar-refractivity contribution in [1.82, 2.24) is 10.2 Å². The van der Waals surface area contributed by atoms with E-state index in [1.54, 1.807) is 25.8 Å². The molecule has 1 unspecified atom stereocenters. The van der Waals surface area contributed by atoms with Gasteiger partial charge in [-0.15, -0.1) is 0 Å². The van der Waals surface area contributed by atoms with Crippen molar-refractivity contribution in [2.45, 2.75) is 34.1 Å². The number of amides is 2. The Bertz CT molecular complexity index is 277. The first-order valence-corrected chi connectivity index (χ1v) is 5.93. The van der Waals surface area contributed by atoms with Crippen molar-refractivity contribution in [1.29, 1.82) is 0 Å². The van der Waals surface area contributed by atoms with Gasteiger partial charge in [-0.2, -0.15) is 0 Å². The number of urea groups is 1. The van der Waals surface area contributed by atoms with Crippen LogP contribution in [0.3, 0.4) is 0 Å². The van der Waals surface area contributed by atoms with E-state index in [4.69, 9.17) is 5.11 Å². The number of rotatable bonds is 6. The van der Waals surface area contributed by atoms with Crippen LogP contribution in [0.4, 0.5) is 4.79 Å². The molecule has 0 aromatic heterocycles. The maximum Gasteiger partial charge on any atom is 0.317 e. The molecule has 0 aliphatic carbocycles. The van der Waals surface area contributed by atoms with Crippen LogP contribution in [-0.4, -0.2) is 42.1 Å². The average Bonchev–Trinajstić information content (AvgIpc) is 2.25. The van der Waals surface area contributed by atoms with Crippen molar-refractivity contribution in [3.05, 3.63) is 0 Å². The first kappa shape index (κ1) is 15.7. The Labute approximate surface area is 103 Å². The van der Waals surface area contributed by atoms with Crippen LogP contribution in [0, 0.1) is 11.3 Å². The molecule has 0 saturated heterocycles. The van der Waals surface area contributed by atoms with E-state index in [0.717, 1.165) is 6.42 Å². The lowest BCUT2D eigenvalue weighted by molar-refractivity contribution is -0.146. The summed E-state index contributed by atoms with van der Waals surface area (Å²) in [5.74, 6) is -0.472. The molecule has 5 heteroatoms. The minimum absolute atomic E-state index is 0.131. The van der Waals surface area contributed by atoms with E-state index in [1.807, 2.05) is 0 Å². The van der Waals surface area contributed by atoms with Crippen LogP contribution in [0.1, 0.15) is 34.1 Å². The quantitative estimate of drug-likeness (QED) is 0.748. The van der Waals surface area contributed by atoms with Gasteiger partial charge in [0.1, 0.15) is 0 Å². The zero-order chi connectivity index (χ0) is 13.6. The van der Waals surface area contributed by atoms with Gasteiger partial charge in [-0.3, -0.25) is 4.79 Å². The lowest BCUT2D eigenvalue weighted by Gasteiger charge is -2.24. The first-order chi connectivity index (χ1) is 7.70. The smallest absolute Gasteiger partial charge is 0.317 e. The molecule has 2 amide bonds. The number of nitrogens with zero attached hydrogens (tertiary/aromatic N) is 1. The summed E-state index contributed by atoms with van der Waals surface area (Å²) in [6, 6.07) is -0.223. The van der Waals surface area contributed by atoms with Crippen LogP contribution in [0.5, 0.6) is 0 Å². The van der Waals surface area contributed by atoms with Crippen LogP contribution in [-0.2, 0) is 4.79 Å². The average molecular weight is 244 g/mol. The summed E-state index contributed by atoms with van der Waals surface area (Å²) in [6.07, 6.45) is 1.01. The summed E-state index contributed by atoms with van der Waals surface area (Å²) >= 11 is 0. The third kappa shape index (κ3) is 5.56. The van der Waals surface area contributed by atoms with E-state index in [0.29, 0.717) is 12.5 Å². The molecule has 0 aromatic carbocycles. The molecule has 100 valence electrons. The number of carboxylic acids is 1. The number of carboxylic acid groups (broad SMARTS) is 1. The molecular formula is C12H24N2O3. The van der Waals surface area contributed by atoms with E-state index in [1.165, 1.54) is 0 Å². The van der Waals surface area contributed by atoms with Crippen LogP contribution in [0.2, 0.25) is 0 Å². The summed E-state index contributed by atoms with van der Waals surface area (Å²) in [4.78, 5) is 24.1. The van der Waals surface area contributed by atoms with Gasteiger partial charge in [-0.05, 0) is 19.8 Å². The molecule has 17 heavy (non-hydrogen) atoms. The molecule has 0 radical (unpaired) electrons. The highest BCUT2D eigenvalue weighted by atomic mass is 16.4. The Kier molecular flexibility index (Phi) is 5.99. The van der Waals surface area contributed by atoms with Gasteiger partial charge in [-0.25, -0.2) is 4.79 Å². The summed E-state index contributed by atoms with van der Waals surface area (Å²) in [5, 5.41) is 11.6. The van der Waals surface area contributed by atoms with Crippen molar-refractivity contribution in [2.75, 3.05) is 20.1 Å². The Morgan fingerprint density at radius 3 is 2.35 bits per heavy atom. The lowest BCUT2D eigenvalue weighted by Crippen LogP contribution is -2.45. The summed E-state index contributed by atoms with van der Waals surface area (Å²) in [7, 11) is 1.72. The lowest BCUT2D eigenvalue weighted by atomic mass is 9.94. The Morgan fingerprint density at radius 1 is 1.41 bits per heavy atom. The Balaban J connectivity index is 4.14. The van der Waals surface area contributed by atoms with Crippen LogP contribution in [0.25, 0.3) is 0 Å². The SMILES string of the molecule is CCC(C)CN(C)C(=O)NCC(C)(C)C(=O)O. The van der Waals surface area contributed by atoms with Gasteiger partial charge in [0.2, 0.25) is 0 Å². The summed E-state index contributed by atoms with van der Waals surface area (Å²) in [5.41, 5.74) is -0.938. The van der Waals surface area contributed by atoms with E-state index in [2.05, 4.69) is 19.2 Å². The number of aliphatic carboxylic acids is 1. The van der Waals surface area contributed by atoms with Gasteiger partial charge < -0.3 is 15.3 Å². The second-order valence-corrected chi connectivity index (χ2v) is 5.24. The van der Waals surface area contributed by atoms with Gasteiger partial charge in [0, 0.05) is 20.1 Å². The number of nitrogens with one attached hydrogen (secondary N) is 1. The van der Waals surface area contributed by atoms with Gasteiger partial charge in [0.25, 0.3) is 0 Å².